The molecule has 2 aliphatic rings. The van der Waals surface area contributed by atoms with Gasteiger partial charge >= 0.3 is 0 Å². The van der Waals surface area contributed by atoms with Crippen molar-refractivity contribution in [2.24, 2.45) is 17.3 Å². The minimum Gasteiger partial charge on any atom is -0.294 e. The van der Waals surface area contributed by atoms with Gasteiger partial charge in [-0.3, -0.25) is 4.79 Å². The largest absolute Gasteiger partial charge is 0.294 e. The van der Waals surface area contributed by atoms with Gasteiger partial charge in [0.15, 0.2) is 5.78 Å². The third kappa shape index (κ3) is 1.17. The maximum absolute atomic E-state index is 11.8. The molecule has 0 aliphatic heterocycles. The zero-order valence-corrected chi connectivity index (χ0v) is 8.98. The fourth-order valence-corrected chi connectivity index (χ4v) is 3.04. The average molecular weight is 178 g/mol. The molecule has 0 unspecified atom stereocenters. The molecule has 0 amide bonds. The van der Waals surface area contributed by atoms with E-state index in [2.05, 4.69) is 20.8 Å². The second kappa shape index (κ2) is 2.46. The molecule has 0 bridgehead atoms. The molecule has 0 N–H and O–H groups in total. The van der Waals surface area contributed by atoms with E-state index in [0.717, 1.165) is 12.0 Å². The van der Waals surface area contributed by atoms with Gasteiger partial charge in [-0.1, -0.05) is 19.4 Å². The first kappa shape index (κ1) is 8.98. The van der Waals surface area contributed by atoms with Gasteiger partial charge in [-0.25, -0.2) is 0 Å². The number of rotatable bonds is 0. The van der Waals surface area contributed by atoms with Crippen LogP contribution in [0.5, 0.6) is 0 Å². The number of ketones is 1. The molecule has 1 heteroatoms. The lowest BCUT2D eigenvalue weighted by Crippen LogP contribution is -2.12. The van der Waals surface area contributed by atoms with Crippen LogP contribution in [0.25, 0.3) is 0 Å². The smallest absolute Gasteiger partial charge is 0.162 e. The van der Waals surface area contributed by atoms with E-state index >= 15 is 0 Å². The molecule has 0 radical (unpaired) electrons. The fraction of sp³-hybridized carbons (Fsp3) is 0.750. The van der Waals surface area contributed by atoms with E-state index in [-0.39, 0.29) is 0 Å². The first-order valence-electron chi connectivity index (χ1n) is 5.14. The van der Waals surface area contributed by atoms with Crippen molar-refractivity contribution >= 4 is 5.78 Å². The Morgan fingerprint density at radius 3 is 2.23 bits per heavy atom. The summed E-state index contributed by atoms with van der Waals surface area (Å²) < 4.78 is 0. The molecular weight excluding hydrogens is 160 g/mol. The number of Topliss-reactive ketones (excluding diaryl/α,β-unsaturated/α-hetero) is 1. The Morgan fingerprint density at radius 1 is 1.15 bits per heavy atom. The lowest BCUT2D eigenvalue weighted by atomic mass is 9.88. The number of allylic oxidation sites excluding steroid dienone is 2. The summed E-state index contributed by atoms with van der Waals surface area (Å²) in [5.41, 5.74) is 2.79. The van der Waals surface area contributed by atoms with Crippen molar-refractivity contribution in [2.75, 3.05) is 0 Å². The molecule has 0 aromatic carbocycles. The third-order valence-corrected chi connectivity index (χ3v) is 3.88. The standard InChI is InChI=1S/C12H18O/c1-7-8(2)11(13)10-6-12(3,4)5-9(7)10/h9-10H,5-6H2,1-4H3/t9-,10-/m1/s1. The Labute approximate surface area is 80.2 Å². The highest BCUT2D eigenvalue weighted by molar-refractivity contribution is 6.00. The zero-order chi connectivity index (χ0) is 9.80. The minimum atomic E-state index is 0.329. The SMILES string of the molecule is CC1=C(C)[C@H]2CC(C)(C)C[C@H]2C1=O. The first-order valence-corrected chi connectivity index (χ1v) is 5.14. The van der Waals surface area contributed by atoms with Crippen LogP contribution in [0.3, 0.4) is 0 Å². The minimum absolute atomic E-state index is 0.329. The Kier molecular flexibility index (Phi) is 1.70. The van der Waals surface area contributed by atoms with Gasteiger partial charge in [0.05, 0.1) is 0 Å². The number of hydrogen-bond donors (Lipinski definition) is 0. The maximum Gasteiger partial charge on any atom is 0.162 e. The van der Waals surface area contributed by atoms with Gasteiger partial charge in [0, 0.05) is 5.92 Å². The molecule has 0 aromatic rings. The molecule has 13 heavy (non-hydrogen) atoms. The average Bonchev–Trinajstić information content (AvgIpc) is 2.44. The highest BCUT2D eigenvalue weighted by atomic mass is 16.1. The van der Waals surface area contributed by atoms with E-state index in [1.165, 1.54) is 12.0 Å². The molecule has 0 heterocycles. The van der Waals surface area contributed by atoms with E-state index in [0.29, 0.717) is 23.0 Å². The van der Waals surface area contributed by atoms with Gasteiger partial charge in [0.1, 0.15) is 0 Å². The molecule has 0 aromatic heterocycles. The van der Waals surface area contributed by atoms with Crippen LogP contribution in [0.2, 0.25) is 0 Å². The summed E-state index contributed by atoms with van der Waals surface area (Å²) in [7, 11) is 0. The normalized spacial score (nSPS) is 37.1. The van der Waals surface area contributed by atoms with Crippen LogP contribution in [0, 0.1) is 17.3 Å². The molecular formula is C12H18O. The van der Waals surface area contributed by atoms with E-state index in [4.69, 9.17) is 0 Å². The van der Waals surface area contributed by atoms with E-state index < -0.39 is 0 Å². The molecule has 1 nitrogen and oxygen atoms in total. The van der Waals surface area contributed by atoms with Gasteiger partial charge in [0.25, 0.3) is 0 Å². The van der Waals surface area contributed by atoms with Crippen LogP contribution < -0.4 is 0 Å². The molecule has 0 spiro atoms. The molecule has 72 valence electrons. The van der Waals surface area contributed by atoms with Gasteiger partial charge < -0.3 is 0 Å². The maximum atomic E-state index is 11.8. The summed E-state index contributed by atoms with van der Waals surface area (Å²) in [4.78, 5) is 11.8. The Balaban J connectivity index is 2.33. The van der Waals surface area contributed by atoms with Crippen molar-refractivity contribution in [3.8, 4) is 0 Å². The summed E-state index contributed by atoms with van der Waals surface area (Å²) in [6, 6.07) is 0. The summed E-state index contributed by atoms with van der Waals surface area (Å²) in [6.45, 7) is 8.69. The van der Waals surface area contributed by atoms with Crippen molar-refractivity contribution in [1.82, 2.24) is 0 Å². The predicted octanol–water partition coefficient (Wildman–Crippen LogP) is 2.96. The van der Waals surface area contributed by atoms with Crippen LogP contribution in [-0.4, -0.2) is 5.78 Å². The van der Waals surface area contributed by atoms with Crippen molar-refractivity contribution in [2.45, 2.75) is 40.5 Å². The molecule has 1 saturated carbocycles. The second-order valence-electron chi connectivity index (χ2n) is 5.46. The second-order valence-corrected chi connectivity index (χ2v) is 5.46. The van der Waals surface area contributed by atoms with E-state index in [9.17, 15) is 4.79 Å². The molecule has 2 aliphatic carbocycles. The van der Waals surface area contributed by atoms with Gasteiger partial charge in [0.2, 0.25) is 0 Å². The van der Waals surface area contributed by atoms with Gasteiger partial charge in [-0.05, 0) is 43.6 Å². The molecule has 2 atom stereocenters. The quantitative estimate of drug-likeness (QED) is 0.557. The fourth-order valence-electron chi connectivity index (χ4n) is 3.04. The summed E-state index contributed by atoms with van der Waals surface area (Å²) in [5.74, 6) is 1.32. The van der Waals surface area contributed by atoms with Crippen molar-refractivity contribution in [1.29, 1.82) is 0 Å². The first-order chi connectivity index (χ1) is 5.92. The zero-order valence-electron chi connectivity index (χ0n) is 8.98. The van der Waals surface area contributed by atoms with Gasteiger partial charge in [-0.15, -0.1) is 0 Å². The van der Waals surface area contributed by atoms with Crippen molar-refractivity contribution in [3.63, 3.8) is 0 Å². The van der Waals surface area contributed by atoms with E-state index in [1.54, 1.807) is 0 Å². The van der Waals surface area contributed by atoms with Crippen LogP contribution in [-0.2, 0) is 4.79 Å². The summed E-state index contributed by atoms with van der Waals surface area (Å²) in [5, 5.41) is 0. The highest BCUT2D eigenvalue weighted by Gasteiger charge is 2.47. The predicted molar refractivity (Wildman–Crippen MR) is 53.4 cm³/mol. The van der Waals surface area contributed by atoms with Crippen LogP contribution in [0.4, 0.5) is 0 Å². The lowest BCUT2D eigenvalue weighted by Gasteiger charge is -2.17. The Hall–Kier alpha value is -0.590. The molecule has 0 saturated heterocycles. The topological polar surface area (TPSA) is 17.1 Å². The van der Waals surface area contributed by atoms with Crippen LogP contribution in [0.1, 0.15) is 40.5 Å². The monoisotopic (exact) mass is 178 g/mol. The number of hydrogen-bond acceptors (Lipinski definition) is 1. The number of carbonyl (C=O) groups is 1. The molecule has 1 fully saturated rings. The third-order valence-electron chi connectivity index (χ3n) is 3.88. The van der Waals surface area contributed by atoms with Crippen molar-refractivity contribution in [3.05, 3.63) is 11.1 Å². The van der Waals surface area contributed by atoms with Crippen LogP contribution in [0.15, 0.2) is 11.1 Å². The van der Waals surface area contributed by atoms with Crippen LogP contribution >= 0.6 is 0 Å². The summed E-state index contributed by atoms with van der Waals surface area (Å²) in [6.07, 6.45) is 2.29. The molecule has 2 rings (SSSR count). The Bertz CT molecular complexity index is 296. The van der Waals surface area contributed by atoms with E-state index in [1.807, 2.05) is 6.92 Å². The number of fused-ring (bicyclic) bond motifs is 1. The summed E-state index contributed by atoms with van der Waals surface area (Å²) >= 11 is 0. The number of carbonyl (C=O) groups excluding carboxylic acids is 1. The lowest BCUT2D eigenvalue weighted by molar-refractivity contribution is -0.118. The highest BCUT2D eigenvalue weighted by Crippen LogP contribution is 2.52. The van der Waals surface area contributed by atoms with Crippen molar-refractivity contribution < 1.29 is 4.79 Å². The van der Waals surface area contributed by atoms with Gasteiger partial charge in [-0.2, -0.15) is 0 Å². The Morgan fingerprint density at radius 2 is 1.69 bits per heavy atom.